The molecular weight excluding hydrogens is 444 g/mol. The Kier molecular flexibility index (Phi) is 5.75. The van der Waals surface area contributed by atoms with Gasteiger partial charge in [0, 0.05) is 28.7 Å². The highest BCUT2D eigenvalue weighted by atomic mass is 35.5. The fourth-order valence-electron chi connectivity index (χ4n) is 3.52. The van der Waals surface area contributed by atoms with E-state index >= 15 is 0 Å². The predicted octanol–water partition coefficient (Wildman–Crippen LogP) is 5.43. The normalized spacial score (nSPS) is 12.3. The molecule has 32 heavy (non-hydrogen) atoms. The number of rotatable bonds is 5. The number of benzene rings is 2. The largest absolute Gasteiger partial charge is 0.455 e. The molecule has 2 aromatic carbocycles. The molecule has 2 aromatic heterocycles. The molecule has 1 amide bonds. The summed E-state index contributed by atoms with van der Waals surface area (Å²) in [7, 11) is 0. The zero-order valence-corrected chi connectivity index (χ0v) is 18.6. The minimum atomic E-state index is -0.217. The molecule has 0 saturated heterocycles. The molecule has 0 saturated carbocycles. The second kappa shape index (κ2) is 8.98. The van der Waals surface area contributed by atoms with Gasteiger partial charge in [0.15, 0.2) is 5.75 Å². The summed E-state index contributed by atoms with van der Waals surface area (Å²) in [6.45, 7) is 1.53. The topological polar surface area (TPSA) is 67.4 Å². The second-order valence-corrected chi connectivity index (χ2v) is 8.69. The first-order valence-electron chi connectivity index (χ1n) is 10.1. The molecule has 0 atom stereocenters. The van der Waals surface area contributed by atoms with Gasteiger partial charge >= 0.3 is 0 Å². The van der Waals surface area contributed by atoms with Gasteiger partial charge in [0.25, 0.3) is 5.91 Å². The lowest BCUT2D eigenvalue weighted by Crippen LogP contribution is -2.24. The van der Waals surface area contributed by atoms with Crippen LogP contribution in [0, 0.1) is 0 Å². The van der Waals surface area contributed by atoms with Crippen molar-refractivity contribution >= 4 is 34.5 Å². The summed E-state index contributed by atoms with van der Waals surface area (Å²) >= 11 is 7.74. The Morgan fingerprint density at radius 1 is 1.12 bits per heavy atom. The number of anilines is 1. The quantitative estimate of drug-likeness (QED) is 0.428. The summed E-state index contributed by atoms with van der Waals surface area (Å²) in [5, 5.41) is 6.12. The van der Waals surface area contributed by atoms with E-state index in [-0.39, 0.29) is 5.91 Å². The highest BCUT2D eigenvalue weighted by Gasteiger charge is 2.22. The molecule has 8 heteroatoms. The van der Waals surface area contributed by atoms with Crippen LogP contribution in [0.1, 0.15) is 26.8 Å². The summed E-state index contributed by atoms with van der Waals surface area (Å²) < 4.78 is 6.16. The molecule has 0 radical (unpaired) electrons. The summed E-state index contributed by atoms with van der Waals surface area (Å²) in [6, 6.07) is 19.2. The number of halogens is 1. The van der Waals surface area contributed by atoms with Crippen LogP contribution in [0.2, 0.25) is 5.02 Å². The van der Waals surface area contributed by atoms with Crippen LogP contribution >= 0.6 is 22.9 Å². The van der Waals surface area contributed by atoms with Crippen LogP contribution in [-0.2, 0) is 19.6 Å². The van der Waals surface area contributed by atoms with Gasteiger partial charge in [-0.2, -0.15) is 0 Å². The fraction of sp³-hybridized carbons (Fsp3) is 0.125. The number of para-hydroxylation sites is 1. The average molecular weight is 463 g/mol. The number of amides is 1. The van der Waals surface area contributed by atoms with Crippen LogP contribution in [0.5, 0.6) is 11.5 Å². The van der Waals surface area contributed by atoms with Crippen molar-refractivity contribution in [1.29, 1.82) is 0 Å². The summed E-state index contributed by atoms with van der Waals surface area (Å²) in [5.74, 6) is 1.35. The molecule has 0 fully saturated rings. The number of hydrogen-bond acceptors (Lipinski definition) is 6. The van der Waals surface area contributed by atoms with Crippen LogP contribution in [0.15, 0.2) is 72.2 Å². The van der Waals surface area contributed by atoms with E-state index in [1.165, 1.54) is 11.3 Å². The number of ether oxygens (including phenoxy) is 1. The number of thiazole rings is 1. The third-order valence-corrected chi connectivity index (χ3v) is 6.15. The minimum Gasteiger partial charge on any atom is -0.455 e. The lowest BCUT2D eigenvalue weighted by molar-refractivity contribution is 0.0946. The van der Waals surface area contributed by atoms with Gasteiger partial charge in [-0.05, 0) is 36.4 Å². The van der Waals surface area contributed by atoms with Crippen molar-refractivity contribution in [2.75, 3.05) is 4.90 Å². The van der Waals surface area contributed by atoms with E-state index in [2.05, 4.69) is 20.2 Å². The Morgan fingerprint density at radius 2 is 2.00 bits per heavy atom. The zero-order chi connectivity index (χ0) is 21.9. The van der Waals surface area contributed by atoms with E-state index in [0.29, 0.717) is 30.4 Å². The monoisotopic (exact) mass is 462 g/mol. The smallest absolute Gasteiger partial charge is 0.271 e. The van der Waals surface area contributed by atoms with Crippen molar-refractivity contribution in [2.24, 2.45) is 0 Å². The summed E-state index contributed by atoms with van der Waals surface area (Å²) in [4.78, 5) is 23.5. The lowest BCUT2D eigenvalue weighted by atomic mass is 10.2. The van der Waals surface area contributed by atoms with E-state index in [4.69, 9.17) is 16.3 Å². The van der Waals surface area contributed by atoms with Crippen molar-refractivity contribution in [3.05, 3.63) is 99.2 Å². The average Bonchev–Trinajstić information content (AvgIpc) is 3.22. The van der Waals surface area contributed by atoms with Gasteiger partial charge in [-0.25, -0.2) is 4.98 Å². The molecule has 1 aliphatic rings. The maximum atomic E-state index is 12.5. The standard InChI is InChI=1S/C24H19ClN4O2S/c25-17-8-9-22-20(11-17)29(13-16-5-1-2-7-21(16)31-22)14-23-28-19(15-32-23)24(30)27-12-18-6-3-4-10-26-18/h1-11,15H,12-14H2,(H,27,30). The third-order valence-electron chi connectivity index (χ3n) is 5.08. The van der Waals surface area contributed by atoms with Crippen LogP contribution in [0.3, 0.4) is 0 Å². The first-order chi connectivity index (χ1) is 15.7. The van der Waals surface area contributed by atoms with E-state index in [1.807, 2.05) is 60.7 Å². The SMILES string of the molecule is O=C(NCc1ccccn1)c1csc(CN2Cc3ccccc3Oc3ccc(Cl)cc32)n1. The van der Waals surface area contributed by atoms with Gasteiger partial charge in [0.2, 0.25) is 0 Å². The number of hydrogen-bond donors (Lipinski definition) is 1. The number of aromatic nitrogens is 2. The second-order valence-electron chi connectivity index (χ2n) is 7.31. The molecule has 4 aromatic rings. The number of pyridine rings is 1. The molecule has 0 aliphatic carbocycles. The molecule has 160 valence electrons. The first-order valence-corrected chi connectivity index (χ1v) is 11.3. The molecule has 6 nitrogen and oxygen atoms in total. The Morgan fingerprint density at radius 3 is 2.88 bits per heavy atom. The lowest BCUT2D eigenvalue weighted by Gasteiger charge is -2.23. The Hall–Kier alpha value is -3.42. The van der Waals surface area contributed by atoms with Crippen molar-refractivity contribution in [2.45, 2.75) is 19.6 Å². The Labute approximate surface area is 194 Å². The Bertz CT molecular complexity index is 1260. The zero-order valence-electron chi connectivity index (χ0n) is 17.0. The number of carbonyl (C=O) groups excluding carboxylic acids is 1. The van der Waals surface area contributed by atoms with Gasteiger partial charge in [0.05, 0.1) is 24.5 Å². The molecule has 5 rings (SSSR count). The van der Waals surface area contributed by atoms with Crippen LogP contribution in [0.25, 0.3) is 0 Å². The van der Waals surface area contributed by atoms with Crippen LogP contribution < -0.4 is 15.0 Å². The minimum absolute atomic E-state index is 0.217. The highest BCUT2D eigenvalue weighted by molar-refractivity contribution is 7.09. The van der Waals surface area contributed by atoms with Crippen LogP contribution in [0.4, 0.5) is 5.69 Å². The maximum absolute atomic E-state index is 12.5. The summed E-state index contributed by atoms with van der Waals surface area (Å²) in [6.07, 6.45) is 1.70. The van der Waals surface area contributed by atoms with E-state index in [1.54, 1.807) is 11.6 Å². The van der Waals surface area contributed by atoms with Gasteiger partial charge in [-0.1, -0.05) is 35.9 Å². The molecule has 1 N–H and O–H groups in total. The van der Waals surface area contributed by atoms with E-state index in [9.17, 15) is 4.79 Å². The summed E-state index contributed by atoms with van der Waals surface area (Å²) in [5.41, 5.74) is 3.17. The fourth-order valence-corrected chi connectivity index (χ4v) is 4.48. The molecule has 1 aliphatic heterocycles. The number of nitrogens with one attached hydrogen (secondary N) is 1. The van der Waals surface area contributed by atoms with Crippen molar-refractivity contribution in [3.8, 4) is 11.5 Å². The molecular formula is C24H19ClN4O2S. The van der Waals surface area contributed by atoms with Gasteiger partial charge < -0.3 is 15.0 Å². The highest BCUT2D eigenvalue weighted by Crippen LogP contribution is 2.41. The van der Waals surface area contributed by atoms with Crippen molar-refractivity contribution in [3.63, 3.8) is 0 Å². The van der Waals surface area contributed by atoms with Gasteiger partial charge in [-0.15, -0.1) is 11.3 Å². The van der Waals surface area contributed by atoms with Crippen molar-refractivity contribution < 1.29 is 9.53 Å². The molecule has 0 unspecified atom stereocenters. The van der Waals surface area contributed by atoms with Crippen molar-refractivity contribution in [1.82, 2.24) is 15.3 Å². The predicted molar refractivity (Wildman–Crippen MR) is 125 cm³/mol. The van der Waals surface area contributed by atoms with Gasteiger partial charge in [0.1, 0.15) is 16.5 Å². The molecule has 0 spiro atoms. The number of nitrogens with zero attached hydrogens (tertiary/aromatic N) is 3. The van der Waals surface area contributed by atoms with E-state index < -0.39 is 0 Å². The Balaban J connectivity index is 1.35. The molecule has 3 heterocycles. The first kappa shape index (κ1) is 20.5. The van der Waals surface area contributed by atoms with Gasteiger partial charge in [-0.3, -0.25) is 9.78 Å². The van der Waals surface area contributed by atoms with E-state index in [0.717, 1.165) is 33.5 Å². The van der Waals surface area contributed by atoms with Crippen LogP contribution in [-0.4, -0.2) is 15.9 Å². The third kappa shape index (κ3) is 4.44. The number of carbonyl (C=O) groups is 1. The maximum Gasteiger partial charge on any atom is 0.271 e. The molecule has 0 bridgehead atoms. The number of fused-ring (bicyclic) bond motifs is 2.